The van der Waals surface area contributed by atoms with Crippen molar-refractivity contribution in [1.29, 1.82) is 0 Å². The first-order valence-corrected chi connectivity index (χ1v) is 14.7. The van der Waals surface area contributed by atoms with E-state index in [0.717, 1.165) is 37.0 Å². The molecule has 1 fully saturated rings. The van der Waals surface area contributed by atoms with Crippen LogP contribution in [0.15, 0.2) is 48.5 Å². The SMILES string of the molecule is CCCCCCC[C@H]1CC[C@H](CCCOc2ccc(C(=O)Oc3ccc(CCCC)cc3)cc2)CC1. The summed E-state index contributed by atoms with van der Waals surface area (Å²) in [7, 11) is 0. The summed E-state index contributed by atoms with van der Waals surface area (Å²) in [5, 5.41) is 0. The van der Waals surface area contributed by atoms with E-state index in [2.05, 4.69) is 13.8 Å². The third kappa shape index (κ3) is 10.4. The van der Waals surface area contributed by atoms with Gasteiger partial charge in [-0.2, -0.15) is 0 Å². The molecular weight excluding hydrogens is 444 g/mol. The van der Waals surface area contributed by atoms with Crippen LogP contribution >= 0.6 is 0 Å². The van der Waals surface area contributed by atoms with Crippen LogP contribution < -0.4 is 9.47 Å². The van der Waals surface area contributed by atoms with Crippen LogP contribution in [0.5, 0.6) is 11.5 Å². The number of rotatable bonds is 16. The predicted octanol–water partition coefficient (Wildman–Crippen LogP) is 9.57. The number of ether oxygens (including phenoxy) is 2. The molecule has 0 heterocycles. The van der Waals surface area contributed by atoms with E-state index in [4.69, 9.17) is 9.47 Å². The third-order valence-electron chi connectivity index (χ3n) is 7.75. The van der Waals surface area contributed by atoms with Gasteiger partial charge in [-0.15, -0.1) is 0 Å². The highest BCUT2D eigenvalue weighted by Gasteiger charge is 2.20. The van der Waals surface area contributed by atoms with Crippen molar-refractivity contribution in [3.63, 3.8) is 0 Å². The van der Waals surface area contributed by atoms with E-state index >= 15 is 0 Å². The molecule has 1 aliphatic rings. The molecule has 3 heteroatoms. The highest BCUT2D eigenvalue weighted by Crippen LogP contribution is 2.34. The summed E-state index contributed by atoms with van der Waals surface area (Å²) in [6.45, 7) is 5.22. The Hall–Kier alpha value is -2.29. The van der Waals surface area contributed by atoms with E-state index < -0.39 is 0 Å². The Kier molecular flexibility index (Phi) is 12.9. The fourth-order valence-corrected chi connectivity index (χ4v) is 5.37. The number of unbranched alkanes of at least 4 members (excludes halogenated alkanes) is 5. The highest BCUT2D eigenvalue weighted by atomic mass is 16.5. The Bertz CT molecular complexity index is 848. The van der Waals surface area contributed by atoms with E-state index in [1.807, 2.05) is 36.4 Å². The number of hydrogen-bond donors (Lipinski definition) is 0. The molecule has 36 heavy (non-hydrogen) atoms. The van der Waals surface area contributed by atoms with Crippen LogP contribution in [0.2, 0.25) is 0 Å². The van der Waals surface area contributed by atoms with Crippen molar-refractivity contribution in [2.45, 2.75) is 110 Å². The second kappa shape index (κ2) is 16.5. The average molecular weight is 493 g/mol. The van der Waals surface area contributed by atoms with Crippen LogP contribution in [0.3, 0.4) is 0 Å². The number of hydrogen-bond acceptors (Lipinski definition) is 3. The van der Waals surface area contributed by atoms with E-state index in [-0.39, 0.29) is 5.97 Å². The number of benzene rings is 2. The van der Waals surface area contributed by atoms with E-state index in [9.17, 15) is 4.79 Å². The van der Waals surface area contributed by atoms with Crippen molar-refractivity contribution in [2.75, 3.05) is 6.61 Å². The van der Waals surface area contributed by atoms with Gasteiger partial charge in [0.15, 0.2) is 0 Å². The summed E-state index contributed by atoms with van der Waals surface area (Å²) >= 11 is 0. The molecule has 198 valence electrons. The van der Waals surface area contributed by atoms with Gasteiger partial charge in [0.1, 0.15) is 11.5 Å². The van der Waals surface area contributed by atoms with Crippen LogP contribution in [0.1, 0.15) is 120 Å². The summed E-state index contributed by atoms with van der Waals surface area (Å²) in [6, 6.07) is 15.1. The zero-order valence-corrected chi connectivity index (χ0v) is 22.8. The maximum Gasteiger partial charge on any atom is 0.343 e. The molecule has 0 aromatic heterocycles. The first kappa shape index (κ1) is 28.3. The van der Waals surface area contributed by atoms with Gasteiger partial charge in [0.25, 0.3) is 0 Å². The lowest BCUT2D eigenvalue weighted by Crippen LogP contribution is -2.15. The van der Waals surface area contributed by atoms with E-state index in [1.165, 1.54) is 89.0 Å². The van der Waals surface area contributed by atoms with Gasteiger partial charge in [0, 0.05) is 0 Å². The van der Waals surface area contributed by atoms with Crippen molar-refractivity contribution in [3.05, 3.63) is 59.7 Å². The molecule has 0 atom stereocenters. The van der Waals surface area contributed by atoms with Gasteiger partial charge in [-0.05, 0) is 79.5 Å². The molecule has 1 aliphatic carbocycles. The maximum atomic E-state index is 12.5. The van der Waals surface area contributed by atoms with Gasteiger partial charge < -0.3 is 9.47 Å². The lowest BCUT2D eigenvalue weighted by molar-refractivity contribution is 0.0734. The van der Waals surface area contributed by atoms with Gasteiger partial charge in [0.2, 0.25) is 0 Å². The molecule has 0 spiro atoms. The van der Waals surface area contributed by atoms with Crippen LogP contribution in [0.25, 0.3) is 0 Å². The topological polar surface area (TPSA) is 35.5 Å². The molecule has 2 aromatic rings. The molecule has 0 radical (unpaired) electrons. The zero-order chi connectivity index (χ0) is 25.4. The minimum Gasteiger partial charge on any atom is -0.494 e. The Balaban J connectivity index is 1.28. The molecular formula is C33H48O3. The van der Waals surface area contributed by atoms with Crippen molar-refractivity contribution in [1.82, 2.24) is 0 Å². The van der Waals surface area contributed by atoms with E-state index in [1.54, 1.807) is 12.1 Å². The fraction of sp³-hybridized carbons (Fsp3) is 0.606. The predicted molar refractivity (Wildman–Crippen MR) is 150 cm³/mol. The Morgan fingerprint density at radius 3 is 1.92 bits per heavy atom. The zero-order valence-electron chi connectivity index (χ0n) is 22.8. The van der Waals surface area contributed by atoms with Crippen LogP contribution in [0.4, 0.5) is 0 Å². The maximum absolute atomic E-state index is 12.5. The Labute approximate surface area is 220 Å². The standard InChI is InChI=1S/C33H48O3/c1-3-5-7-8-9-12-28-14-16-29(17-15-28)13-10-26-35-31-24-20-30(21-25-31)33(34)36-32-22-18-27(19-23-32)11-6-4-2/h18-25,28-29H,3-17,26H2,1-2H3/t28-,29-. The normalized spacial score (nSPS) is 17.6. The lowest BCUT2D eigenvalue weighted by atomic mass is 9.78. The second-order valence-corrected chi connectivity index (χ2v) is 10.7. The Morgan fingerprint density at radius 2 is 1.28 bits per heavy atom. The number of aryl methyl sites for hydroxylation is 1. The van der Waals surface area contributed by atoms with Gasteiger partial charge >= 0.3 is 5.97 Å². The largest absolute Gasteiger partial charge is 0.494 e. The van der Waals surface area contributed by atoms with Crippen LogP contribution in [-0.4, -0.2) is 12.6 Å². The van der Waals surface area contributed by atoms with E-state index in [0.29, 0.717) is 11.3 Å². The third-order valence-corrected chi connectivity index (χ3v) is 7.75. The smallest absolute Gasteiger partial charge is 0.343 e. The van der Waals surface area contributed by atoms with Crippen molar-refractivity contribution in [3.8, 4) is 11.5 Å². The van der Waals surface area contributed by atoms with Crippen LogP contribution in [-0.2, 0) is 6.42 Å². The number of carbonyl (C=O) groups is 1. The molecule has 0 unspecified atom stereocenters. The first-order valence-electron chi connectivity index (χ1n) is 14.7. The summed E-state index contributed by atoms with van der Waals surface area (Å²) in [5.74, 6) is 2.93. The van der Waals surface area contributed by atoms with Crippen molar-refractivity contribution in [2.24, 2.45) is 11.8 Å². The molecule has 3 rings (SSSR count). The number of esters is 1. The molecule has 0 saturated heterocycles. The summed E-state index contributed by atoms with van der Waals surface area (Å²) in [6.07, 6.45) is 19.9. The van der Waals surface area contributed by atoms with Gasteiger partial charge in [-0.3, -0.25) is 0 Å². The van der Waals surface area contributed by atoms with Crippen molar-refractivity contribution < 1.29 is 14.3 Å². The minimum absolute atomic E-state index is 0.334. The summed E-state index contributed by atoms with van der Waals surface area (Å²) in [5.41, 5.74) is 1.82. The quantitative estimate of drug-likeness (QED) is 0.133. The van der Waals surface area contributed by atoms with Gasteiger partial charge in [0.05, 0.1) is 12.2 Å². The van der Waals surface area contributed by atoms with Crippen LogP contribution in [0, 0.1) is 11.8 Å². The molecule has 2 aromatic carbocycles. The second-order valence-electron chi connectivity index (χ2n) is 10.7. The Morgan fingerprint density at radius 1 is 0.694 bits per heavy atom. The first-order chi connectivity index (χ1) is 17.7. The van der Waals surface area contributed by atoms with Gasteiger partial charge in [-0.1, -0.05) is 96.6 Å². The molecule has 3 nitrogen and oxygen atoms in total. The minimum atomic E-state index is -0.334. The molecule has 0 bridgehead atoms. The highest BCUT2D eigenvalue weighted by molar-refractivity contribution is 5.91. The fourth-order valence-electron chi connectivity index (χ4n) is 5.37. The summed E-state index contributed by atoms with van der Waals surface area (Å²) < 4.78 is 11.5. The molecule has 0 N–H and O–H groups in total. The lowest BCUT2D eigenvalue weighted by Gasteiger charge is -2.28. The van der Waals surface area contributed by atoms with Crippen molar-refractivity contribution >= 4 is 5.97 Å². The number of carbonyl (C=O) groups excluding carboxylic acids is 1. The van der Waals surface area contributed by atoms with Gasteiger partial charge in [-0.25, -0.2) is 4.79 Å². The average Bonchev–Trinajstić information content (AvgIpc) is 2.91. The summed E-state index contributed by atoms with van der Waals surface area (Å²) in [4.78, 5) is 12.5. The molecule has 0 aliphatic heterocycles. The molecule has 1 saturated carbocycles. The monoisotopic (exact) mass is 492 g/mol. The molecule has 0 amide bonds.